The lowest BCUT2D eigenvalue weighted by molar-refractivity contribution is -0.121. The van der Waals surface area contributed by atoms with Crippen molar-refractivity contribution in [1.82, 2.24) is 20.3 Å². The summed E-state index contributed by atoms with van der Waals surface area (Å²) >= 11 is 0. The Morgan fingerprint density at radius 3 is 2.61 bits per heavy atom. The number of amides is 1. The topological polar surface area (TPSA) is 73.0 Å². The van der Waals surface area contributed by atoms with Crippen LogP contribution >= 0.6 is 0 Å². The smallest absolute Gasteiger partial charge is 0.220 e. The fourth-order valence-corrected chi connectivity index (χ4v) is 4.40. The zero-order chi connectivity index (χ0) is 22.2. The van der Waals surface area contributed by atoms with Crippen molar-refractivity contribution in [3.8, 4) is 5.69 Å². The summed E-state index contributed by atoms with van der Waals surface area (Å²) in [7, 11) is 0. The molecule has 1 aromatic carbocycles. The highest BCUT2D eigenvalue weighted by Crippen LogP contribution is 2.32. The maximum atomic E-state index is 12.7. The van der Waals surface area contributed by atoms with Gasteiger partial charge < -0.3 is 9.84 Å². The van der Waals surface area contributed by atoms with Crippen LogP contribution in [0.1, 0.15) is 79.9 Å². The zero-order valence-electron chi connectivity index (χ0n) is 19.2. The van der Waals surface area contributed by atoms with Gasteiger partial charge in [-0.15, -0.1) is 0 Å². The number of hydrogen-bond acceptors (Lipinski definition) is 4. The van der Waals surface area contributed by atoms with E-state index >= 15 is 0 Å². The molecule has 2 heterocycles. The highest BCUT2D eigenvalue weighted by atomic mass is 16.5. The number of rotatable bonds is 5. The van der Waals surface area contributed by atoms with E-state index in [9.17, 15) is 4.79 Å². The van der Waals surface area contributed by atoms with Gasteiger partial charge in [0.1, 0.15) is 5.76 Å². The predicted octanol–water partition coefficient (Wildman–Crippen LogP) is 4.90. The average molecular weight is 421 g/mol. The molecule has 0 aliphatic heterocycles. The minimum Gasteiger partial charge on any atom is -0.361 e. The molecule has 1 N–H and O–H groups in total. The molecule has 1 amide bonds. The van der Waals surface area contributed by atoms with E-state index in [-0.39, 0.29) is 17.4 Å². The SMILES string of the molecule is Cc1noc(C)c1CCC(=O)N[C@H]1CCCc2c1cnn2-c1ccc(C(C)(C)C)cc1. The number of fused-ring (bicyclic) bond motifs is 1. The molecule has 0 unspecified atom stereocenters. The van der Waals surface area contributed by atoms with Crippen molar-refractivity contribution < 1.29 is 9.32 Å². The van der Waals surface area contributed by atoms with Crippen LogP contribution in [0.5, 0.6) is 0 Å². The Hall–Kier alpha value is -2.89. The van der Waals surface area contributed by atoms with E-state index in [1.807, 2.05) is 24.7 Å². The lowest BCUT2D eigenvalue weighted by Crippen LogP contribution is -2.31. The van der Waals surface area contributed by atoms with Crippen molar-refractivity contribution in [2.24, 2.45) is 0 Å². The fraction of sp³-hybridized carbons (Fsp3) is 0.480. The molecule has 2 aromatic heterocycles. The molecule has 0 spiro atoms. The predicted molar refractivity (Wildman–Crippen MR) is 120 cm³/mol. The second-order valence-electron chi connectivity index (χ2n) is 9.57. The van der Waals surface area contributed by atoms with Crippen molar-refractivity contribution in [3.05, 3.63) is 64.3 Å². The number of aromatic nitrogens is 3. The Morgan fingerprint density at radius 1 is 1.23 bits per heavy atom. The highest BCUT2D eigenvalue weighted by Gasteiger charge is 2.26. The summed E-state index contributed by atoms with van der Waals surface area (Å²) in [5.74, 6) is 0.851. The van der Waals surface area contributed by atoms with E-state index < -0.39 is 0 Å². The Labute approximate surface area is 184 Å². The minimum absolute atomic E-state index is 0.0171. The first-order chi connectivity index (χ1) is 14.7. The first kappa shape index (κ1) is 21.3. The molecule has 0 bridgehead atoms. The number of hydrogen-bond donors (Lipinski definition) is 1. The summed E-state index contributed by atoms with van der Waals surface area (Å²) in [6.07, 6.45) is 5.95. The number of aryl methyl sites for hydroxylation is 2. The second-order valence-corrected chi connectivity index (χ2v) is 9.57. The van der Waals surface area contributed by atoms with Gasteiger partial charge in [-0.3, -0.25) is 4.79 Å². The van der Waals surface area contributed by atoms with Gasteiger partial charge in [-0.25, -0.2) is 4.68 Å². The van der Waals surface area contributed by atoms with Crippen LogP contribution in [0.25, 0.3) is 5.69 Å². The van der Waals surface area contributed by atoms with E-state index in [2.05, 4.69) is 60.6 Å². The van der Waals surface area contributed by atoms with Gasteiger partial charge in [0.2, 0.25) is 5.91 Å². The number of nitrogens with zero attached hydrogens (tertiary/aromatic N) is 3. The van der Waals surface area contributed by atoms with Crippen LogP contribution in [-0.2, 0) is 23.1 Å². The number of benzene rings is 1. The summed E-state index contributed by atoms with van der Waals surface area (Å²) < 4.78 is 7.23. The van der Waals surface area contributed by atoms with Crippen molar-refractivity contribution in [1.29, 1.82) is 0 Å². The van der Waals surface area contributed by atoms with Crippen LogP contribution in [0.3, 0.4) is 0 Å². The van der Waals surface area contributed by atoms with E-state index in [0.29, 0.717) is 12.8 Å². The Balaban J connectivity index is 1.47. The van der Waals surface area contributed by atoms with Crippen LogP contribution in [0.4, 0.5) is 0 Å². The van der Waals surface area contributed by atoms with Crippen LogP contribution in [0, 0.1) is 13.8 Å². The van der Waals surface area contributed by atoms with E-state index in [4.69, 9.17) is 4.52 Å². The quantitative estimate of drug-likeness (QED) is 0.637. The molecule has 0 radical (unpaired) electrons. The van der Waals surface area contributed by atoms with Crippen LogP contribution in [0.2, 0.25) is 0 Å². The summed E-state index contributed by atoms with van der Waals surface area (Å²) in [6.45, 7) is 10.5. The normalized spacial score (nSPS) is 16.2. The van der Waals surface area contributed by atoms with Gasteiger partial charge >= 0.3 is 0 Å². The summed E-state index contributed by atoms with van der Waals surface area (Å²) in [6, 6.07) is 8.66. The Bertz CT molecular complexity index is 1050. The van der Waals surface area contributed by atoms with Gasteiger partial charge in [-0.05, 0) is 62.6 Å². The van der Waals surface area contributed by atoms with Gasteiger partial charge in [-0.2, -0.15) is 5.10 Å². The summed E-state index contributed by atoms with van der Waals surface area (Å²) in [4.78, 5) is 12.7. The molecule has 6 nitrogen and oxygen atoms in total. The number of carbonyl (C=O) groups excluding carboxylic acids is 1. The van der Waals surface area contributed by atoms with Gasteiger partial charge in [0.15, 0.2) is 0 Å². The standard InChI is InChI=1S/C25H32N4O2/c1-16-20(17(2)31-28-16)13-14-24(30)27-22-7-6-8-23-21(22)15-26-29(23)19-11-9-18(10-12-19)25(3,4)5/h9-12,15,22H,6-8,13-14H2,1-5H3,(H,27,30)/t22-/m0/s1. The molecule has 1 atom stereocenters. The first-order valence-electron chi connectivity index (χ1n) is 11.1. The third kappa shape index (κ3) is 4.43. The lowest BCUT2D eigenvalue weighted by atomic mass is 9.87. The number of nitrogens with one attached hydrogen (secondary N) is 1. The lowest BCUT2D eigenvalue weighted by Gasteiger charge is -2.24. The molecule has 1 aliphatic rings. The van der Waals surface area contributed by atoms with Gasteiger partial charge in [0, 0.05) is 23.2 Å². The van der Waals surface area contributed by atoms with Gasteiger partial charge in [-0.1, -0.05) is 38.1 Å². The van der Waals surface area contributed by atoms with Crippen molar-refractivity contribution in [2.75, 3.05) is 0 Å². The van der Waals surface area contributed by atoms with Crippen molar-refractivity contribution >= 4 is 5.91 Å². The first-order valence-corrected chi connectivity index (χ1v) is 11.1. The molecule has 6 heteroatoms. The monoisotopic (exact) mass is 420 g/mol. The maximum Gasteiger partial charge on any atom is 0.220 e. The molecule has 1 aliphatic carbocycles. The second kappa shape index (κ2) is 8.33. The van der Waals surface area contributed by atoms with Crippen molar-refractivity contribution in [3.63, 3.8) is 0 Å². The summed E-state index contributed by atoms with van der Waals surface area (Å²) in [5.41, 5.74) is 6.74. The molecule has 0 saturated carbocycles. The molecular weight excluding hydrogens is 388 g/mol. The highest BCUT2D eigenvalue weighted by molar-refractivity contribution is 5.76. The van der Waals surface area contributed by atoms with E-state index in [0.717, 1.165) is 47.5 Å². The molecule has 4 rings (SSSR count). The average Bonchev–Trinajstić information content (AvgIpc) is 3.30. The van der Waals surface area contributed by atoms with Gasteiger partial charge in [0.25, 0.3) is 0 Å². The summed E-state index contributed by atoms with van der Waals surface area (Å²) in [5, 5.41) is 11.9. The van der Waals surface area contributed by atoms with Crippen LogP contribution in [-0.4, -0.2) is 20.8 Å². The van der Waals surface area contributed by atoms with Crippen LogP contribution in [0.15, 0.2) is 35.0 Å². The third-order valence-electron chi connectivity index (χ3n) is 6.28. The van der Waals surface area contributed by atoms with E-state index in [1.165, 1.54) is 11.3 Å². The van der Waals surface area contributed by atoms with E-state index in [1.54, 1.807) is 0 Å². The van der Waals surface area contributed by atoms with Crippen LogP contribution < -0.4 is 5.32 Å². The maximum absolute atomic E-state index is 12.7. The molecule has 0 saturated heterocycles. The molecular formula is C25H32N4O2. The fourth-order valence-electron chi connectivity index (χ4n) is 4.40. The Kier molecular flexibility index (Phi) is 5.73. The molecule has 3 aromatic rings. The zero-order valence-corrected chi connectivity index (χ0v) is 19.2. The molecule has 164 valence electrons. The van der Waals surface area contributed by atoms with Crippen molar-refractivity contribution in [2.45, 2.75) is 78.2 Å². The third-order valence-corrected chi connectivity index (χ3v) is 6.28. The van der Waals surface area contributed by atoms with Gasteiger partial charge in [0.05, 0.1) is 23.6 Å². The largest absolute Gasteiger partial charge is 0.361 e. The molecule has 31 heavy (non-hydrogen) atoms. The minimum atomic E-state index is 0.0171. The number of carbonyl (C=O) groups is 1. The Morgan fingerprint density at radius 2 is 1.97 bits per heavy atom. The molecule has 0 fully saturated rings.